The van der Waals surface area contributed by atoms with Crippen LogP contribution in [0.1, 0.15) is 53.3 Å². The second-order valence-corrected chi connectivity index (χ2v) is 12.6. The quantitative estimate of drug-likeness (QED) is 0.0449. The number of carbonyl (C=O) groups is 3. The number of nitrogens with zero attached hydrogens (tertiary/aromatic N) is 1. The molecule has 11 nitrogen and oxygen atoms in total. The number of amides is 1. The van der Waals surface area contributed by atoms with Crippen molar-refractivity contribution >= 4 is 64.2 Å². The van der Waals surface area contributed by atoms with Crippen molar-refractivity contribution in [3.63, 3.8) is 0 Å². The zero-order valence-corrected chi connectivity index (χ0v) is 32.4. The van der Waals surface area contributed by atoms with Gasteiger partial charge in [0, 0.05) is 11.1 Å². The van der Waals surface area contributed by atoms with Gasteiger partial charge in [-0.1, -0.05) is 46.4 Å². The number of esters is 1. The molecule has 0 aliphatic heterocycles. The molecule has 1 aromatic heterocycles. The average molecular weight is 966 g/mol. The molecule has 5 aromatic rings. The minimum absolute atomic E-state index is 0.0140. The Kier molecular flexibility index (Phi) is 17.7. The molecule has 1 heterocycles. The van der Waals surface area contributed by atoms with E-state index in [9.17, 15) is 71.9 Å². The Morgan fingerprint density at radius 3 is 1.36 bits per heavy atom. The van der Waals surface area contributed by atoms with Crippen molar-refractivity contribution in [2.24, 2.45) is 5.84 Å². The number of aromatic carboxylic acids is 1. The molecule has 0 radical (unpaired) electrons. The first kappa shape index (κ1) is 51.7. The zero-order chi connectivity index (χ0) is 46.8. The summed E-state index contributed by atoms with van der Waals surface area (Å²) < 4.78 is 157. The Hall–Kier alpha value is -5.49. The van der Waals surface area contributed by atoms with Gasteiger partial charge in [-0.25, -0.2) is 25.3 Å². The molecule has 0 saturated carbocycles. The summed E-state index contributed by atoms with van der Waals surface area (Å²) in [5.74, 6) is 0.651. The number of halogens is 16. The molecular formula is C34H20Cl4F12N4O7. The van der Waals surface area contributed by atoms with Crippen LogP contribution in [0.2, 0.25) is 20.1 Å². The number of nitrogen functional groups attached to an aromatic ring is 1. The van der Waals surface area contributed by atoms with E-state index in [1.807, 2.05) is 5.10 Å². The lowest BCUT2D eigenvalue weighted by Crippen LogP contribution is -2.30. The van der Waals surface area contributed by atoms with Crippen molar-refractivity contribution in [3.8, 4) is 11.5 Å². The number of carboxylic acid groups (broad SMARTS) is 1. The van der Waals surface area contributed by atoms with E-state index in [-0.39, 0.29) is 22.6 Å². The Bertz CT molecular complexity index is 2340. The van der Waals surface area contributed by atoms with Crippen molar-refractivity contribution < 1.29 is 81.3 Å². The first-order valence-electron chi connectivity index (χ1n) is 15.3. The van der Waals surface area contributed by atoms with E-state index >= 15 is 0 Å². The molecule has 0 spiro atoms. The molecule has 61 heavy (non-hydrogen) atoms. The Morgan fingerprint density at radius 2 is 1.00 bits per heavy atom. The van der Waals surface area contributed by atoms with Gasteiger partial charge in [0.25, 0.3) is 5.91 Å². The number of aromatic amines is 1. The van der Waals surface area contributed by atoms with Gasteiger partial charge in [-0.15, -0.1) is 5.10 Å². The van der Waals surface area contributed by atoms with E-state index in [1.54, 1.807) is 5.43 Å². The number of carboxylic acids is 1. The van der Waals surface area contributed by atoms with Crippen LogP contribution in [0.15, 0.2) is 82.0 Å². The summed E-state index contributed by atoms with van der Waals surface area (Å²) in [6, 6.07) is 11.2. The first-order chi connectivity index (χ1) is 27.9. The van der Waals surface area contributed by atoms with Crippen LogP contribution in [0.25, 0.3) is 11.5 Å². The predicted molar refractivity (Wildman–Crippen MR) is 192 cm³/mol. The molecule has 4 aromatic carbocycles. The Balaban J connectivity index is 0.000000281. The van der Waals surface area contributed by atoms with Gasteiger partial charge < -0.3 is 14.3 Å². The summed E-state index contributed by atoms with van der Waals surface area (Å²) in [5, 5.41) is 12.0. The van der Waals surface area contributed by atoms with Gasteiger partial charge in [0.1, 0.15) is 0 Å². The minimum Gasteiger partial charge on any atom is -0.478 e. The molecule has 0 fully saturated rings. The minimum atomic E-state index is -4.64. The fourth-order valence-electron chi connectivity index (χ4n) is 4.06. The fraction of sp³-hybridized carbons (Fsp3) is 0.147. The van der Waals surface area contributed by atoms with E-state index in [2.05, 4.69) is 14.3 Å². The van der Waals surface area contributed by atoms with Crippen LogP contribution in [0, 0.1) is 0 Å². The smallest absolute Gasteiger partial charge is 0.434 e. The van der Waals surface area contributed by atoms with Gasteiger partial charge in [0.2, 0.25) is 5.89 Å². The van der Waals surface area contributed by atoms with Crippen LogP contribution in [0.4, 0.5) is 52.7 Å². The normalized spacial score (nSPS) is 11.4. The van der Waals surface area contributed by atoms with Gasteiger partial charge in [-0.05, 0) is 72.8 Å². The Labute approximate surface area is 351 Å². The summed E-state index contributed by atoms with van der Waals surface area (Å²) in [5.41, 5.74) is -3.35. The fourth-order valence-corrected chi connectivity index (χ4v) is 4.96. The second-order valence-electron chi connectivity index (χ2n) is 11.0. The summed E-state index contributed by atoms with van der Waals surface area (Å²) in [4.78, 5) is 43.0. The highest BCUT2D eigenvalue weighted by atomic mass is 35.5. The van der Waals surface area contributed by atoms with Crippen molar-refractivity contribution in [1.29, 1.82) is 0 Å². The van der Waals surface area contributed by atoms with Crippen LogP contribution in [-0.4, -0.2) is 40.3 Å². The number of hydrazine groups is 1. The number of ether oxygens (including phenoxy) is 1. The lowest BCUT2D eigenvalue weighted by molar-refractivity contribution is -0.138. The number of hydrogen-bond donors (Lipinski definition) is 4. The van der Waals surface area contributed by atoms with Crippen molar-refractivity contribution in [2.45, 2.75) is 24.7 Å². The molecule has 5 N–H and O–H groups in total. The maximum Gasteiger partial charge on any atom is 0.434 e. The van der Waals surface area contributed by atoms with E-state index in [0.29, 0.717) is 18.2 Å². The molecule has 27 heteroatoms. The summed E-state index contributed by atoms with van der Waals surface area (Å²) in [6.07, 6.45) is -18.4. The third-order valence-electron chi connectivity index (χ3n) is 6.83. The summed E-state index contributed by atoms with van der Waals surface area (Å²) >= 11 is 21.4. The molecular weight excluding hydrogens is 946 g/mol. The second kappa shape index (κ2) is 20.9. The van der Waals surface area contributed by atoms with Crippen LogP contribution < -0.4 is 17.0 Å². The van der Waals surface area contributed by atoms with Gasteiger partial charge in [-0.3, -0.25) is 10.2 Å². The van der Waals surface area contributed by atoms with Crippen molar-refractivity contribution in [3.05, 3.63) is 142 Å². The molecule has 1 amide bonds. The van der Waals surface area contributed by atoms with Crippen LogP contribution in [-0.2, 0) is 29.4 Å². The topological polar surface area (TPSA) is 178 Å². The van der Waals surface area contributed by atoms with Gasteiger partial charge in [0.05, 0.1) is 60.6 Å². The number of benzene rings is 4. The number of nitrogens with one attached hydrogen (secondary N) is 2. The molecule has 0 aliphatic rings. The van der Waals surface area contributed by atoms with Gasteiger partial charge >= 0.3 is 42.4 Å². The lowest BCUT2D eigenvalue weighted by Gasteiger charge is -2.09. The maximum atomic E-state index is 12.5. The van der Waals surface area contributed by atoms with Gasteiger partial charge in [-0.2, -0.15) is 52.7 Å². The lowest BCUT2D eigenvalue weighted by atomic mass is 10.1. The maximum absolute atomic E-state index is 12.5. The van der Waals surface area contributed by atoms with Crippen LogP contribution in [0.3, 0.4) is 0 Å². The number of rotatable bonds is 4. The summed E-state index contributed by atoms with van der Waals surface area (Å²) in [6.45, 7) is 0. The van der Waals surface area contributed by atoms with E-state index < -0.39 is 96.2 Å². The summed E-state index contributed by atoms with van der Waals surface area (Å²) in [7, 11) is 1.09. The van der Waals surface area contributed by atoms with E-state index in [0.717, 1.165) is 49.6 Å². The molecule has 5 rings (SSSR count). The average Bonchev–Trinajstić information content (AvgIpc) is 3.59. The number of H-pyrrole nitrogens is 1. The third-order valence-corrected chi connectivity index (χ3v) is 8.15. The number of carbonyl (C=O) groups excluding carboxylic acids is 2. The standard InChI is InChI=1S/C9H4ClF3N2O2.C9H6ClF3O2.C8H6ClF3N2O.C8H4ClF3O2/c10-6-2-1-4(3-5(6)9(11,12)13)7-14-15-8(16)17-7;1-15-8(14)5-2-3-7(10)6(4-5)9(11,12)13;9-6-2-1-4(7(15)14-13)3-5(6)8(10,11)12;9-6-2-1-4(7(13)14)3-5(6)8(10,11)12/h1-3H,(H,15,16);2-4H,1H3;1-3H,13H2,(H,14,15);1-3H,(H,13,14). The van der Waals surface area contributed by atoms with Crippen molar-refractivity contribution in [2.75, 3.05) is 7.11 Å². The number of methoxy groups -OCH3 is 1. The highest BCUT2D eigenvalue weighted by Gasteiger charge is 2.36. The van der Waals surface area contributed by atoms with E-state index in [4.69, 9.17) is 57.4 Å². The van der Waals surface area contributed by atoms with E-state index in [1.165, 1.54) is 12.1 Å². The molecule has 0 saturated heterocycles. The third kappa shape index (κ3) is 15.2. The SMILES string of the molecule is COC(=O)c1ccc(Cl)c(C(F)(F)F)c1.NNC(=O)c1ccc(Cl)c(C(F)(F)F)c1.O=C(O)c1ccc(Cl)c(C(F)(F)F)c1.O=c1[nH]nc(-c2ccc(Cl)c(C(F)(F)F)c2)o1. The highest BCUT2D eigenvalue weighted by molar-refractivity contribution is 6.32. The van der Waals surface area contributed by atoms with Crippen LogP contribution >= 0.6 is 46.4 Å². The number of hydrogen-bond acceptors (Lipinski definition) is 8. The highest BCUT2D eigenvalue weighted by Crippen LogP contribution is 2.38. The zero-order valence-electron chi connectivity index (χ0n) is 29.4. The largest absolute Gasteiger partial charge is 0.478 e. The first-order valence-corrected chi connectivity index (χ1v) is 16.8. The predicted octanol–water partition coefficient (Wildman–Crippen LogP) is 10.9. The molecule has 330 valence electrons. The van der Waals surface area contributed by atoms with Crippen molar-refractivity contribution in [1.82, 2.24) is 15.6 Å². The van der Waals surface area contributed by atoms with Gasteiger partial charge in [0.15, 0.2) is 0 Å². The number of alkyl halides is 12. The molecule has 0 bridgehead atoms. The number of nitrogens with two attached hydrogens (primary N) is 1. The Morgan fingerprint density at radius 1 is 0.639 bits per heavy atom. The monoisotopic (exact) mass is 964 g/mol. The molecule has 0 atom stereocenters. The number of aromatic nitrogens is 2. The molecule has 0 unspecified atom stereocenters. The molecule has 0 aliphatic carbocycles. The van der Waals surface area contributed by atoms with Crippen LogP contribution in [0.5, 0.6) is 0 Å².